The molecule has 5 nitrogen and oxygen atoms in total. The Bertz CT molecular complexity index is 1030. The van der Waals surface area contributed by atoms with Crippen LogP contribution in [0.3, 0.4) is 0 Å². The average Bonchev–Trinajstić information content (AvgIpc) is 2.70. The van der Waals surface area contributed by atoms with E-state index in [-0.39, 0.29) is 11.0 Å². The van der Waals surface area contributed by atoms with E-state index in [1.807, 2.05) is 0 Å². The third-order valence-electron chi connectivity index (χ3n) is 4.33. The van der Waals surface area contributed by atoms with Gasteiger partial charge in [-0.15, -0.1) is 0 Å². The normalized spacial score (nSPS) is 12.2. The fourth-order valence-electron chi connectivity index (χ4n) is 2.58. The van der Waals surface area contributed by atoms with Gasteiger partial charge in [0.15, 0.2) is 0 Å². The Morgan fingerprint density at radius 3 is 1.84 bits per heavy atom. The zero-order valence-corrected chi connectivity index (χ0v) is 16.7. The standard InChI is InChI=1S/C18H15F7N2O3S/c1-26(18(29)27(2)15(28)14-10(19)4-3-5-11(14)20)13-7-6-9(8-12(13)21)31(30,16(22)23)17(24)25/h3-8,16-17,31H,1-2H3. The first-order valence-corrected chi connectivity index (χ1v) is 10.1. The number of thiol groups is 1. The number of hydrogen-bond acceptors (Lipinski definition) is 3. The summed E-state index contributed by atoms with van der Waals surface area (Å²) in [6.45, 7) is 0. The summed E-state index contributed by atoms with van der Waals surface area (Å²) in [5.41, 5.74) is -1.70. The molecule has 31 heavy (non-hydrogen) atoms. The van der Waals surface area contributed by atoms with Crippen LogP contribution in [-0.2, 0) is 9.93 Å². The number of nitrogens with zero attached hydrogens (tertiary/aromatic N) is 2. The van der Waals surface area contributed by atoms with Crippen molar-refractivity contribution in [3.63, 3.8) is 0 Å². The van der Waals surface area contributed by atoms with Gasteiger partial charge in [-0.3, -0.25) is 18.8 Å². The highest BCUT2D eigenvalue weighted by molar-refractivity contribution is 8.03. The van der Waals surface area contributed by atoms with Crippen molar-refractivity contribution in [2.75, 3.05) is 19.0 Å². The Morgan fingerprint density at radius 1 is 0.871 bits per heavy atom. The number of rotatable bonds is 5. The van der Waals surface area contributed by atoms with Gasteiger partial charge in [-0.2, -0.15) is 17.6 Å². The molecule has 0 aromatic heterocycles. The molecule has 0 radical (unpaired) electrons. The first kappa shape index (κ1) is 24.3. The predicted octanol–water partition coefficient (Wildman–Crippen LogP) is 4.25. The molecule has 0 N–H and O–H groups in total. The summed E-state index contributed by atoms with van der Waals surface area (Å²) in [5.74, 6) is -13.3. The molecule has 0 unspecified atom stereocenters. The molecule has 0 spiro atoms. The number of carbonyl (C=O) groups excluding carboxylic acids is 2. The SMILES string of the molecule is CN(C(=O)c1c(F)cccc1F)C(=O)N(C)c1ccc([SH](=O)(C(F)F)C(F)F)cc1F. The van der Waals surface area contributed by atoms with Crippen LogP contribution in [0.4, 0.5) is 41.2 Å². The number of amides is 3. The quantitative estimate of drug-likeness (QED) is 0.523. The molecular weight excluding hydrogens is 457 g/mol. The second kappa shape index (κ2) is 9.04. The van der Waals surface area contributed by atoms with Crippen molar-refractivity contribution in [2.45, 2.75) is 16.4 Å². The topological polar surface area (TPSA) is 57.7 Å². The lowest BCUT2D eigenvalue weighted by atomic mass is 10.1. The number of imide groups is 1. The summed E-state index contributed by atoms with van der Waals surface area (Å²) in [5, 5.41) is 0. The van der Waals surface area contributed by atoms with Gasteiger partial charge >= 0.3 is 6.03 Å². The Hall–Kier alpha value is -2.96. The first-order chi connectivity index (χ1) is 14.3. The van der Waals surface area contributed by atoms with Crippen LogP contribution in [0.5, 0.6) is 0 Å². The Labute approximate surface area is 172 Å². The van der Waals surface area contributed by atoms with Gasteiger partial charge in [0.2, 0.25) is 0 Å². The van der Waals surface area contributed by atoms with Crippen LogP contribution in [0, 0.1) is 17.5 Å². The molecule has 2 aromatic rings. The van der Waals surface area contributed by atoms with Gasteiger partial charge in [0.05, 0.1) is 5.69 Å². The zero-order chi connectivity index (χ0) is 23.7. The maximum absolute atomic E-state index is 14.4. The fourth-order valence-corrected chi connectivity index (χ4v) is 3.82. The summed E-state index contributed by atoms with van der Waals surface area (Å²) in [6.07, 6.45) is 0. The summed E-state index contributed by atoms with van der Waals surface area (Å²) in [6, 6.07) is 2.62. The summed E-state index contributed by atoms with van der Waals surface area (Å²) in [4.78, 5) is 24.3. The highest BCUT2D eigenvalue weighted by atomic mass is 32.2. The molecule has 2 aromatic carbocycles. The average molecular weight is 472 g/mol. The van der Waals surface area contributed by atoms with E-state index in [4.69, 9.17) is 0 Å². The van der Waals surface area contributed by atoms with Crippen LogP contribution in [0.25, 0.3) is 0 Å². The molecule has 0 aliphatic rings. The van der Waals surface area contributed by atoms with Crippen LogP contribution >= 0.6 is 0 Å². The van der Waals surface area contributed by atoms with Crippen LogP contribution in [0.2, 0.25) is 0 Å². The van der Waals surface area contributed by atoms with Crippen molar-refractivity contribution in [2.24, 2.45) is 0 Å². The van der Waals surface area contributed by atoms with Gasteiger partial charge in [0.1, 0.15) is 23.0 Å². The van der Waals surface area contributed by atoms with Crippen molar-refractivity contribution in [1.82, 2.24) is 4.90 Å². The smallest absolute Gasteiger partial charge is 0.294 e. The fraction of sp³-hybridized carbons (Fsp3) is 0.222. The van der Waals surface area contributed by atoms with E-state index in [1.165, 1.54) is 0 Å². The van der Waals surface area contributed by atoms with E-state index < -0.39 is 67.0 Å². The second-order valence-corrected chi connectivity index (χ2v) is 8.92. The molecule has 0 saturated carbocycles. The highest BCUT2D eigenvalue weighted by Crippen LogP contribution is 2.35. The van der Waals surface area contributed by atoms with Gasteiger partial charge in [-0.05, 0) is 30.3 Å². The lowest BCUT2D eigenvalue weighted by Gasteiger charge is -2.26. The van der Waals surface area contributed by atoms with E-state index in [1.54, 1.807) is 0 Å². The molecule has 13 heteroatoms. The number of hydrogen-bond donors (Lipinski definition) is 1. The lowest BCUT2D eigenvalue weighted by molar-refractivity contribution is 0.0827. The molecule has 0 aliphatic carbocycles. The molecule has 170 valence electrons. The molecule has 0 aliphatic heterocycles. The molecule has 0 heterocycles. The zero-order valence-electron chi connectivity index (χ0n) is 15.8. The monoisotopic (exact) mass is 472 g/mol. The lowest BCUT2D eigenvalue weighted by Crippen LogP contribution is -2.43. The number of anilines is 1. The number of halogens is 7. The Kier molecular flexibility index (Phi) is 7.09. The number of alkyl halides is 4. The predicted molar refractivity (Wildman–Crippen MR) is 98.5 cm³/mol. The highest BCUT2D eigenvalue weighted by Gasteiger charge is 2.39. The van der Waals surface area contributed by atoms with Crippen LogP contribution in [-0.4, -0.2) is 46.7 Å². The Morgan fingerprint density at radius 2 is 1.39 bits per heavy atom. The van der Waals surface area contributed by atoms with Gasteiger partial charge in [0.25, 0.3) is 17.4 Å². The maximum atomic E-state index is 14.4. The summed E-state index contributed by atoms with van der Waals surface area (Å²) >= 11 is 0. The number of urea groups is 1. The van der Waals surface area contributed by atoms with Gasteiger partial charge in [-0.25, -0.2) is 18.0 Å². The maximum Gasteiger partial charge on any atom is 0.331 e. The van der Waals surface area contributed by atoms with Crippen molar-refractivity contribution in [3.8, 4) is 0 Å². The summed E-state index contributed by atoms with van der Waals surface area (Å²) in [7, 11) is -3.78. The third kappa shape index (κ3) is 4.40. The van der Waals surface area contributed by atoms with Crippen molar-refractivity contribution >= 4 is 27.6 Å². The third-order valence-corrected chi connectivity index (χ3v) is 6.58. The minimum Gasteiger partial charge on any atom is -0.294 e. The molecule has 3 amide bonds. The van der Waals surface area contributed by atoms with Gasteiger partial charge < -0.3 is 0 Å². The van der Waals surface area contributed by atoms with Crippen LogP contribution in [0.1, 0.15) is 10.4 Å². The molecular formula is C18H15F7N2O3S. The molecule has 0 bridgehead atoms. The van der Waals surface area contributed by atoms with Crippen LogP contribution < -0.4 is 4.90 Å². The largest absolute Gasteiger partial charge is 0.331 e. The van der Waals surface area contributed by atoms with E-state index in [9.17, 15) is 44.5 Å². The number of benzene rings is 2. The van der Waals surface area contributed by atoms with E-state index in [0.29, 0.717) is 17.0 Å². The van der Waals surface area contributed by atoms with Gasteiger partial charge in [-0.1, -0.05) is 6.07 Å². The Balaban J connectivity index is 2.36. The molecule has 2 rings (SSSR count). The van der Waals surface area contributed by atoms with Crippen molar-refractivity contribution < 1.29 is 44.5 Å². The van der Waals surface area contributed by atoms with Crippen molar-refractivity contribution in [1.29, 1.82) is 0 Å². The minimum absolute atomic E-state index is 0.177. The van der Waals surface area contributed by atoms with E-state index in [2.05, 4.69) is 0 Å². The van der Waals surface area contributed by atoms with E-state index in [0.717, 1.165) is 32.3 Å². The molecule has 0 fully saturated rings. The second-order valence-electron chi connectivity index (χ2n) is 6.20. The summed E-state index contributed by atoms with van der Waals surface area (Å²) < 4.78 is 106. The molecule has 0 saturated heterocycles. The van der Waals surface area contributed by atoms with Crippen molar-refractivity contribution in [3.05, 3.63) is 59.4 Å². The number of carbonyl (C=O) groups is 2. The van der Waals surface area contributed by atoms with Gasteiger partial charge in [0, 0.05) is 28.9 Å². The molecule has 0 atom stereocenters. The minimum atomic E-state index is -5.56. The first-order valence-electron chi connectivity index (χ1n) is 8.29. The van der Waals surface area contributed by atoms with E-state index >= 15 is 0 Å². The van der Waals surface area contributed by atoms with Crippen LogP contribution in [0.15, 0.2) is 41.3 Å².